The second-order valence-electron chi connectivity index (χ2n) is 4.39. The molecule has 0 spiro atoms. The smallest absolute Gasteiger partial charge is 0.143 e. The van der Waals surface area contributed by atoms with E-state index < -0.39 is 0 Å². The van der Waals surface area contributed by atoms with Gasteiger partial charge in [0, 0.05) is 11.8 Å². The van der Waals surface area contributed by atoms with E-state index in [1.165, 1.54) is 0 Å². The molecule has 74 valence electrons. The second kappa shape index (κ2) is 2.84. The summed E-state index contributed by atoms with van der Waals surface area (Å²) in [6, 6.07) is 5.28. The van der Waals surface area contributed by atoms with Gasteiger partial charge in [-0.05, 0) is 43.5 Å². The predicted molar refractivity (Wildman–Crippen MR) is 54.5 cm³/mol. The number of hydrogen-bond donors (Lipinski definition) is 1. The van der Waals surface area contributed by atoms with E-state index in [0.717, 1.165) is 17.5 Å². The van der Waals surface area contributed by atoms with Crippen molar-refractivity contribution < 1.29 is 9.90 Å². The number of ketones is 1. The molecule has 0 radical (unpaired) electrons. The molecular formula is C12H14O2. The van der Waals surface area contributed by atoms with Crippen LogP contribution in [0.15, 0.2) is 18.2 Å². The highest BCUT2D eigenvalue weighted by molar-refractivity contribution is 5.91. The van der Waals surface area contributed by atoms with Gasteiger partial charge in [0.25, 0.3) is 0 Å². The summed E-state index contributed by atoms with van der Waals surface area (Å²) in [5.41, 5.74) is 1.78. The molecule has 0 saturated heterocycles. The van der Waals surface area contributed by atoms with Crippen molar-refractivity contribution in [2.75, 3.05) is 0 Å². The molecule has 0 aliphatic heterocycles. The van der Waals surface area contributed by atoms with Crippen LogP contribution in [-0.2, 0) is 16.6 Å². The monoisotopic (exact) mass is 190 g/mol. The van der Waals surface area contributed by atoms with Crippen LogP contribution >= 0.6 is 0 Å². The van der Waals surface area contributed by atoms with Gasteiger partial charge in [0.05, 0.1) is 0 Å². The van der Waals surface area contributed by atoms with Crippen molar-refractivity contribution in [3.63, 3.8) is 0 Å². The molecule has 0 unspecified atom stereocenters. The highest BCUT2D eigenvalue weighted by Gasteiger charge is 2.34. The highest BCUT2D eigenvalue weighted by atomic mass is 16.3. The van der Waals surface area contributed by atoms with E-state index in [1.54, 1.807) is 12.1 Å². The van der Waals surface area contributed by atoms with Crippen LogP contribution in [-0.4, -0.2) is 10.9 Å². The fourth-order valence-electron chi connectivity index (χ4n) is 2.11. The lowest BCUT2D eigenvalue weighted by molar-refractivity contribution is -0.124. The maximum Gasteiger partial charge on any atom is 0.143 e. The second-order valence-corrected chi connectivity index (χ2v) is 4.39. The molecule has 14 heavy (non-hydrogen) atoms. The third kappa shape index (κ3) is 1.22. The Balaban J connectivity index is 2.59. The van der Waals surface area contributed by atoms with Crippen LogP contribution in [0.1, 0.15) is 31.4 Å². The van der Waals surface area contributed by atoms with Crippen LogP contribution in [0.4, 0.5) is 0 Å². The number of Topliss-reactive ketones (excluding diaryl/α,β-unsaturated/α-hetero) is 1. The summed E-state index contributed by atoms with van der Waals surface area (Å²) >= 11 is 0. The van der Waals surface area contributed by atoms with Crippen molar-refractivity contribution in [2.24, 2.45) is 0 Å². The van der Waals surface area contributed by atoms with E-state index in [-0.39, 0.29) is 16.9 Å². The number of carbonyl (C=O) groups is 1. The molecule has 2 heteroatoms. The number of fused-ring (bicyclic) bond motifs is 1. The lowest BCUT2D eigenvalue weighted by Crippen LogP contribution is -2.34. The van der Waals surface area contributed by atoms with Gasteiger partial charge in [-0.1, -0.05) is 6.07 Å². The fourth-order valence-corrected chi connectivity index (χ4v) is 2.11. The molecule has 1 N–H and O–H groups in total. The van der Waals surface area contributed by atoms with E-state index >= 15 is 0 Å². The van der Waals surface area contributed by atoms with Crippen LogP contribution < -0.4 is 0 Å². The molecule has 0 heterocycles. The Kier molecular flexibility index (Phi) is 1.88. The van der Waals surface area contributed by atoms with Crippen LogP contribution in [0, 0.1) is 0 Å². The first kappa shape index (κ1) is 9.25. The fraction of sp³-hybridized carbons (Fsp3) is 0.417. The van der Waals surface area contributed by atoms with Crippen LogP contribution in [0.5, 0.6) is 5.75 Å². The molecule has 1 aliphatic carbocycles. The van der Waals surface area contributed by atoms with Crippen molar-refractivity contribution in [1.29, 1.82) is 0 Å². The Morgan fingerprint density at radius 1 is 1.29 bits per heavy atom. The minimum absolute atomic E-state index is 0.286. The van der Waals surface area contributed by atoms with Gasteiger partial charge in [0.15, 0.2) is 0 Å². The van der Waals surface area contributed by atoms with E-state index in [4.69, 9.17) is 0 Å². The minimum Gasteiger partial charge on any atom is -0.508 e. The summed E-state index contributed by atoms with van der Waals surface area (Å²) in [5.74, 6) is 0.574. The number of benzene rings is 1. The molecule has 1 aromatic rings. The number of phenols is 1. The first-order valence-corrected chi connectivity index (χ1v) is 4.87. The lowest BCUT2D eigenvalue weighted by atomic mass is 9.72. The summed E-state index contributed by atoms with van der Waals surface area (Å²) in [5, 5.41) is 9.34. The van der Waals surface area contributed by atoms with Crippen LogP contribution in [0.3, 0.4) is 0 Å². The van der Waals surface area contributed by atoms with E-state index in [1.807, 2.05) is 19.9 Å². The molecule has 2 rings (SSSR count). The average molecular weight is 190 g/mol. The maximum absolute atomic E-state index is 11.7. The van der Waals surface area contributed by atoms with E-state index in [9.17, 15) is 9.90 Å². The Morgan fingerprint density at radius 2 is 2.00 bits per heavy atom. The Bertz CT molecular complexity index is 391. The van der Waals surface area contributed by atoms with Crippen molar-refractivity contribution in [2.45, 2.75) is 32.1 Å². The molecule has 0 aromatic heterocycles. The number of carbonyl (C=O) groups excluding carboxylic acids is 1. The van der Waals surface area contributed by atoms with Gasteiger partial charge in [-0.3, -0.25) is 4.79 Å². The first-order chi connectivity index (χ1) is 6.51. The minimum atomic E-state index is -0.388. The number of rotatable bonds is 0. The van der Waals surface area contributed by atoms with Gasteiger partial charge >= 0.3 is 0 Å². The molecule has 0 bridgehead atoms. The molecule has 0 saturated carbocycles. The van der Waals surface area contributed by atoms with Gasteiger partial charge < -0.3 is 5.11 Å². The Labute approximate surface area is 83.6 Å². The van der Waals surface area contributed by atoms with Gasteiger partial charge in [0.1, 0.15) is 11.5 Å². The van der Waals surface area contributed by atoms with Gasteiger partial charge in [-0.25, -0.2) is 0 Å². The zero-order valence-corrected chi connectivity index (χ0v) is 8.50. The number of aromatic hydroxyl groups is 1. The molecule has 2 nitrogen and oxygen atoms in total. The summed E-state index contributed by atoms with van der Waals surface area (Å²) in [6.45, 7) is 3.90. The number of aryl methyl sites for hydroxylation is 1. The van der Waals surface area contributed by atoms with Gasteiger partial charge in [-0.15, -0.1) is 0 Å². The predicted octanol–water partition coefficient (Wildman–Crippen LogP) is 2.19. The summed E-state index contributed by atoms with van der Waals surface area (Å²) in [6.07, 6.45) is 1.34. The van der Waals surface area contributed by atoms with Gasteiger partial charge in [0.2, 0.25) is 0 Å². The summed E-state index contributed by atoms with van der Waals surface area (Å²) < 4.78 is 0. The molecule has 0 atom stereocenters. The largest absolute Gasteiger partial charge is 0.508 e. The summed E-state index contributed by atoms with van der Waals surface area (Å²) in [4.78, 5) is 11.7. The maximum atomic E-state index is 11.7. The van der Waals surface area contributed by atoms with Crippen molar-refractivity contribution in [1.82, 2.24) is 0 Å². The SMILES string of the molecule is CC1(C)C(=O)CCc2cc(O)ccc21. The molecular weight excluding hydrogens is 176 g/mol. The Hall–Kier alpha value is -1.31. The first-order valence-electron chi connectivity index (χ1n) is 4.87. The zero-order chi connectivity index (χ0) is 10.3. The topological polar surface area (TPSA) is 37.3 Å². The molecule has 0 fully saturated rings. The average Bonchev–Trinajstić information content (AvgIpc) is 2.12. The van der Waals surface area contributed by atoms with Gasteiger partial charge in [-0.2, -0.15) is 0 Å². The lowest BCUT2D eigenvalue weighted by Gasteiger charge is -2.30. The molecule has 0 amide bonds. The van der Waals surface area contributed by atoms with Crippen molar-refractivity contribution >= 4 is 5.78 Å². The standard InChI is InChI=1S/C12H14O2/c1-12(2)10-5-4-9(13)7-8(10)3-6-11(12)14/h4-5,7,13H,3,6H2,1-2H3. The summed E-state index contributed by atoms with van der Waals surface area (Å²) in [7, 11) is 0. The normalized spacial score (nSPS) is 19.1. The van der Waals surface area contributed by atoms with E-state index in [2.05, 4.69) is 0 Å². The van der Waals surface area contributed by atoms with Crippen molar-refractivity contribution in [3.05, 3.63) is 29.3 Å². The highest BCUT2D eigenvalue weighted by Crippen LogP contribution is 2.35. The van der Waals surface area contributed by atoms with Crippen LogP contribution in [0.2, 0.25) is 0 Å². The Morgan fingerprint density at radius 3 is 2.71 bits per heavy atom. The number of phenolic OH excluding ortho intramolecular Hbond substituents is 1. The quantitative estimate of drug-likeness (QED) is 0.680. The van der Waals surface area contributed by atoms with Crippen molar-refractivity contribution in [3.8, 4) is 5.75 Å². The number of hydrogen-bond acceptors (Lipinski definition) is 2. The zero-order valence-electron chi connectivity index (χ0n) is 8.50. The third-order valence-corrected chi connectivity index (χ3v) is 3.08. The van der Waals surface area contributed by atoms with E-state index in [0.29, 0.717) is 6.42 Å². The molecule has 1 aliphatic rings. The third-order valence-electron chi connectivity index (χ3n) is 3.08. The molecule has 1 aromatic carbocycles. The van der Waals surface area contributed by atoms with Crippen LogP contribution in [0.25, 0.3) is 0 Å².